The molecule has 27 heavy (non-hydrogen) atoms. The van der Waals surface area contributed by atoms with E-state index in [1.54, 1.807) is 24.3 Å². The van der Waals surface area contributed by atoms with Gasteiger partial charge in [-0.2, -0.15) is 0 Å². The van der Waals surface area contributed by atoms with Crippen molar-refractivity contribution in [3.63, 3.8) is 0 Å². The normalized spacial score (nSPS) is 10.9. The SMILES string of the molecule is COc1cccc(C=O)c1OCc1cc(=O)oc2ccc3ccccc3c12. The first-order chi connectivity index (χ1) is 13.2. The van der Waals surface area contributed by atoms with E-state index in [0.29, 0.717) is 34.5 Å². The highest BCUT2D eigenvalue weighted by molar-refractivity contribution is 6.07. The number of rotatable bonds is 5. The van der Waals surface area contributed by atoms with Gasteiger partial charge in [-0.25, -0.2) is 4.79 Å². The number of hydrogen-bond acceptors (Lipinski definition) is 5. The predicted octanol–water partition coefficient (Wildman–Crippen LogP) is 4.35. The van der Waals surface area contributed by atoms with Gasteiger partial charge in [0.2, 0.25) is 0 Å². The van der Waals surface area contributed by atoms with E-state index in [1.165, 1.54) is 13.2 Å². The van der Waals surface area contributed by atoms with Crippen molar-refractivity contribution in [1.82, 2.24) is 0 Å². The molecule has 0 atom stereocenters. The molecule has 0 aliphatic carbocycles. The number of fused-ring (bicyclic) bond motifs is 3. The Labute approximate surface area is 154 Å². The standard InChI is InChI=1S/C22H16O5/c1-25-19-8-4-6-15(12-23)22(19)26-13-16-11-20(24)27-18-10-9-14-5-2-3-7-17(14)21(16)18/h2-12H,13H2,1H3. The number of methoxy groups -OCH3 is 1. The van der Waals surface area contributed by atoms with Crippen LogP contribution < -0.4 is 15.1 Å². The van der Waals surface area contributed by atoms with Gasteiger partial charge < -0.3 is 13.9 Å². The Morgan fingerprint density at radius 3 is 2.70 bits per heavy atom. The Bertz CT molecular complexity index is 1210. The lowest BCUT2D eigenvalue weighted by Crippen LogP contribution is -2.06. The van der Waals surface area contributed by atoms with Crippen LogP contribution in [0.15, 0.2) is 69.9 Å². The number of carbonyl (C=O) groups is 1. The third kappa shape index (κ3) is 3.04. The summed E-state index contributed by atoms with van der Waals surface area (Å²) in [7, 11) is 1.51. The molecule has 5 nitrogen and oxygen atoms in total. The molecule has 0 aliphatic heterocycles. The van der Waals surface area contributed by atoms with Crippen molar-refractivity contribution in [2.45, 2.75) is 6.61 Å². The van der Waals surface area contributed by atoms with Gasteiger partial charge in [-0.1, -0.05) is 36.4 Å². The maximum Gasteiger partial charge on any atom is 0.336 e. The highest BCUT2D eigenvalue weighted by atomic mass is 16.5. The van der Waals surface area contributed by atoms with Crippen LogP contribution in [0.5, 0.6) is 11.5 Å². The van der Waals surface area contributed by atoms with Gasteiger partial charge in [0, 0.05) is 17.0 Å². The average Bonchev–Trinajstić information content (AvgIpc) is 2.71. The minimum atomic E-state index is -0.452. The Morgan fingerprint density at radius 1 is 1.04 bits per heavy atom. The van der Waals surface area contributed by atoms with Crippen LogP contribution in [0.2, 0.25) is 0 Å². The molecule has 3 aromatic carbocycles. The Hall–Kier alpha value is -3.60. The van der Waals surface area contributed by atoms with Crippen LogP contribution in [0, 0.1) is 0 Å². The zero-order valence-corrected chi connectivity index (χ0v) is 14.6. The van der Waals surface area contributed by atoms with Gasteiger partial charge in [0.05, 0.1) is 12.7 Å². The lowest BCUT2D eigenvalue weighted by Gasteiger charge is -2.14. The maximum atomic E-state index is 12.0. The van der Waals surface area contributed by atoms with Gasteiger partial charge >= 0.3 is 5.63 Å². The van der Waals surface area contributed by atoms with Gasteiger partial charge in [-0.05, 0) is 29.0 Å². The summed E-state index contributed by atoms with van der Waals surface area (Å²) in [5, 5.41) is 2.81. The van der Waals surface area contributed by atoms with Crippen LogP contribution >= 0.6 is 0 Å². The summed E-state index contributed by atoms with van der Waals surface area (Å²) in [4.78, 5) is 23.3. The lowest BCUT2D eigenvalue weighted by atomic mass is 10.0. The zero-order valence-electron chi connectivity index (χ0n) is 14.6. The molecule has 0 N–H and O–H groups in total. The third-order valence-electron chi connectivity index (χ3n) is 4.44. The fraction of sp³-hybridized carbons (Fsp3) is 0.0909. The van der Waals surface area contributed by atoms with Crippen LogP contribution in [-0.4, -0.2) is 13.4 Å². The van der Waals surface area contributed by atoms with Crippen molar-refractivity contribution < 1.29 is 18.7 Å². The van der Waals surface area contributed by atoms with E-state index in [9.17, 15) is 9.59 Å². The van der Waals surface area contributed by atoms with Gasteiger partial charge in [0.1, 0.15) is 12.2 Å². The smallest absolute Gasteiger partial charge is 0.336 e. The molecule has 0 radical (unpaired) electrons. The van der Waals surface area contributed by atoms with Gasteiger partial charge in [-0.3, -0.25) is 4.79 Å². The molecule has 0 amide bonds. The van der Waals surface area contributed by atoms with Crippen LogP contribution in [0.3, 0.4) is 0 Å². The molecule has 0 spiro atoms. The third-order valence-corrected chi connectivity index (χ3v) is 4.44. The highest BCUT2D eigenvalue weighted by Gasteiger charge is 2.14. The molecule has 0 aliphatic rings. The fourth-order valence-corrected chi connectivity index (χ4v) is 3.22. The number of para-hydroxylation sites is 1. The van der Waals surface area contributed by atoms with Crippen LogP contribution in [0.4, 0.5) is 0 Å². The first-order valence-electron chi connectivity index (χ1n) is 8.40. The molecular weight excluding hydrogens is 344 g/mol. The summed E-state index contributed by atoms with van der Waals surface area (Å²) in [5.74, 6) is 0.799. The number of aldehydes is 1. The van der Waals surface area contributed by atoms with E-state index in [0.717, 1.165) is 16.2 Å². The van der Waals surface area contributed by atoms with Crippen LogP contribution in [0.25, 0.3) is 21.7 Å². The predicted molar refractivity (Wildman–Crippen MR) is 103 cm³/mol. The van der Waals surface area contributed by atoms with E-state index in [2.05, 4.69) is 0 Å². The topological polar surface area (TPSA) is 65.7 Å². The molecule has 0 unspecified atom stereocenters. The van der Waals surface area contributed by atoms with Crippen LogP contribution in [-0.2, 0) is 6.61 Å². The summed E-state index contributed by atoms with van der Waals surface area (Å²) in [6.07, 6.45) is 0.713. The van der Waals surface area contributed by atoms with E-state index in [1.807, 2.05) is 30.3 Å². The molecule has 0 bridgehead atoms. The highest BCUT2D eigenvalue weighted by Crippen LogP contribution is 2.32. The molecule has 5 heteroatoms. The number of carbonyl (C=O) groups excluding carboxylic acids is 1. The number of ether oxygens (including phenoxy) is 2. The molecule has 4 rings (SSSR count). The second-order valence-corrected chi connectivity index (χ2v) is 6.04. The van der Waals surface area contributed by atoms with Crippen molar-refractivity contribution >= 4 is 28.0 Å². The molecule has 4 aromatic rings. The summed E-state index contributed by atoms with van der Waals surface area (Å²) in [6.45, 7) is 0.0946. The largest absolute Gasteiger partial charge is 0.493 e. The van der Waals surface area contributed by atoms with E-state index in [-0.39, 0.29) is 6.61 Å². The van der Waals surface area contributed by atoms with E-state index in [4.69, 9.17) is 13.9 Å². The van der Waals surface area contributed by atoms with Crippen molar-refractivity contribution in [2.24, 2.45) is 0 Å². The fourth-order valence-electron chi connectivity index (χ4n) is 3.22. The van der Waals surface area contributed by atoms with Crippen LogP contribution in [0.1, 0.15) is 15.9 Å². The summed E-state index contributed by atoms with van der Waals surface area (Å²) in [6, 6.07) is 18.1. The molecule has 1 aromatic heterocycles. The minimum absolute atomic E-state index is 0.0946. The minimum Gasteiger partial charge on any atom is -0.493 e. The molecule has 134 valence electrons. The van der Waals surface area contributed by atoms with Gasteiger partial charge in [0.15, 0.2) is 17.8 Å². The molecule has 1 heterocycles. The molecule has 0 fully saturated rings. The van der Waals surface area contributed by atoms with Crippen molar-refractivity contribution in [3.8, 4) is 11.5 Å². The Kier molecular flexibility index (Phi) is 4.34. The molecular formula is C22H16O5. The van der Waals surface area contributed by atoms with Crippen molar-refractivity contribution in [1.29, 1.82) is 0 Å². The summed E-state index contributed by atoms with van der Waals surface area (Å²) in [5.41, 5.74) is 1.11. The number of benzene rings is 3. The maximum absolute atomic E-state index is 12.0. The average molecular weight is 360 g/mol. The van der Waals surface area contributed by atoms with Crippen molar-refractivity contribution in [3.05, 3.63) is 82.2 Å². The lowest BCUT2D eigenvalue weighted by molar-refractivity contribution is 0.111. The monoisotopic (exact) mass is 360 g/mol. The molecule has 0 saturated heterocycles. The van der Waals surface area contributed by atoms with Gasteiger partial charge in [-0.15, -0.1) is 0 Å². The van der Waals surface area contributed by atoms with E-state index >= 15 is 0 Å². The van der Waals surface area contributed by atoms with Crippen molar-refractivity contribution in [2.75, 3.05) is 7.11 Å². The number of hydrogen-bond donors (Lipinski definition) is 0. The Balaban J connectivity index is 1.85. The second kappa shape index (κ2) is 6.96. The quantitative estimate of drug-likeness (QED) is 0.301. The first-order valence-corrected chi connectivity index (χ1v) is 8.40. The van der Waals surface area contributed by atoms with Gasteiger partial charge in [0.25, 0.3) is 0 Å². The first kappa shape index (κ1) is 16.8. The zero-order chi connectivity index (χ0) is 18.8. The Morgan fingerprint density at radius 2 is 1.89 bits per heavy atom. The second-order valence-electron chi connectivity index (χ2n) is 6.04. The van der Waals surface area contributed by atoms with E-state index < -0.39 is 5.63 Å². The molecule has 0 saturated carbocycles. The summed E-state index contributed by atoms with van der Waals surface area (Å²) >= 11 is 0. The summed E-state index contributed by atoms with van der Waals surface area (Å²) < 4.78 is 16.6.